The second-order valence-corrected chi connectivity index (χ2v) is 7.41. The largest absolute Gasteiger partial charge is 0.492 e. The minimum atomic E-state index is -0.211. The van der Waals surface area contributed by atoms with Gasteiger partial charge in [-0.05, 0) is 37.1 Å². The summed E-state index contributed by atoms with van der Waals surface area (Å²) in [6, 6.07) is 14.7. The standard InChI is InChI=1S/C24H33FN4O2/c1-2-26-24(27-12-11-20-7-9-22(25)10-8-20)28-19-21-5-3-4-6-23(21)31-18-15-29-13-16-30-17-14-29/h3-10H,2,11-19H2,1H3,(H2,26,27,28). The first-order chi connectivity index (χ1) is 15.2. The van der Waals surface area contributed by atoms with E-state index in [0.29, 0.717) is 13.2 Å². The predicted octanol–water partition coefficient (Wildman–Crippen LogP) is 2.83. The summed E-state index contributed by atoms with van der Waals surface area (Å²) in [5.41, 5.74) is 2.14. The minimum absolute atomic E-state index is 0.211. The molecule has 31 heavy (non-hydrogen) atoms. The van der Waals surface area contributed by atoms with E-state index in [1.54, 1.807) is 0 Å². The van der Waals surface area contributed by atoms with Crippen molar-refractivity contribution in [2.45, 2.75) is 19.9 Å². The number of aliphatic imine (C=N–C) groups is 1. The van der Waals surface area contributed by atoms with Gasteiger partial charge in [0.15, 0.2) is 5.96 Å². The van der Waals surface area contributed by atoms with Crippen molar-refractivity contribution in [3.8, 4) is 5.75 Å². The molecule has 6 nitrogen and oxygen atoms in total. The topological polar surface area (TPSA) is 58.1 Å². The van der Waals surface area contributed by atoms with Crippen LogP contribution in [0.1, 0.15) is 18.1 Å². The van der Waals surface area contributed by atoms with E-state index in [1.165, 1.54) is 12.1 Å². The highest BCUT2D eigenvalue weighted by Gasteiger charge is 2.10. The number of nitrogens with one attached hydrogen (secondary N) is 2. The summed E-state index contributed by atoms with van der Waals surface area (Å²) >= 11 is 0. The Bertz CT molecular complexity index is 807. The number of ether oxygens (including phenoxy) is 2. The lowest BCUT2D eigenvalue weighted by atomic mass is 10.1. The molecule has 0 atom stereocenters. The first kappa shape index (κ1) is 23.0. The highest BCUT2D eigenvalue weighted by molar-refractivity contribution is 5.79. The average Bonchev–Trinajstić information content (AvgIpc) is 2.80. The van der Waals surface area contributed by atoms with Gasteiger partial charge in [-0.15, -0.1) is 0 Å². The third-order valence-corrected chi connectivity index (χ3v) is 5.11. The number of guanidine groups is 1. The number of rotatable bonds is 10. The van der Waals surface area contributed by atoms with Crippen LogP contribution in [0.15, 0.2) is 53.5 Å². The molecule has 2 aromatic carbocycles. The molecule has 0 aromatic heterocycles. The molecule has 1 heterocycles. The second-order valence-electron chi connectivity index (χ2n) is 7.41. The summed E-state index contributed by atoms with van der Waals surface area (Å²) in [6.45, 7) is 9.13. The van der Waals surface area contributed by atoms with Gasteiger partial charge in [-0.1, -0.05) is 30.3 Å². The Morgan fingerprint density at radius 2 is 1.87 bits per heavy atom. The maximum Gasteiger partial charge on any atom is 0.191 e. The van der Waals surface area contributed by atoms with Gasteiger partial charge >= 0.3 is 0 Å². The number of halogens is 1. The highest BCUT2D eigenvalue weighted by Crippen LogP contribution is 2.19. The number of benzene rings is 2. The number of hydrogen-bond acceptors (Lipinski definition) is 4. The normalized spacial score (nSPS) is 15.0. The van der Waals surface area contributed by atoms with Crippen molar-refractivity contribution in [1.29, 1.82) is 0 Å². The molecule has 2 aromatic rings. The zero-order valence-corrected chi connectivity index (χ0v) is 18.3. The first-order valence-corrected chi connectivity index (χ1v) is 11.0. The van der Waals surface area contributed by atoms with Crippen LogP contribution in [0, 0.1) is 5.82 Å². The Kier molecular flexibility index (Phi) is 9.60. The summed E-state index contributed by atoms with van der Waals surface area (Å²) in [5, 5.41) is 6.62. The van der Waals surface area contributed by atoms with Crippen molar-refractivity contribution in [3.63, 3.8) is 0 Å². The number of morpholine rings is 1. The van der Waals surface area contributed by atoms with Crippen LogP contribution in [-0.4, -0.2) is 63.4 Å². The molecule has 1 aliphatic heterocycles. The molecule has 1 fully saturated rings. The van der Waals surface area contributed by atoms with Crippen LogP contribution >= 0.6 is 0 Å². The van der Waals surface area contributed by atoms with E-state index < -0.39 is 0 Å². The molecule has 1 saturated heterocycles. The van der Waals surface area contributed by atoms with Gasteiger partial charge in [-0.25, -0.2) is 9.38 Å². The van der Waals surface area contributed by atoms with E-state index in [1.807, 2.05) is 37.3 Å². The average molecular weight is 429 g/mol. The molecule has 7 heteroatoms. The zero-order valence-electron chi connectivity index (χ0n) is 18.3. The van der Waals surface area contributed by atoms with Gasteiger partial charge in [0, 0.05) is 38.3 Å². The van der Waals surface area contributed by atoms with E-state index in [4.69, 9.17) is 14.5 Å². The molecule has 168 valence electrons. The van der Waals surface area contributed by atoms with Crippen molar-refractivity contribution < 1.29 is 13.9 Å². The number of para-hydroxylation sites is 1. The summed E-state index contributed by atoms with van der Waals surface area (Å²) < 4.78 is 24.5. The molecule has 1 aliphatic rings. The van der Waals surface area contributed by atoms with Crippen LogP contribution in [-0.2, 0) is 17.7 Å². The molecule has 3 rings (SSSR count). The van der Waals surface area contributed by atoms with Gasteiger partial charge in [0.2, 0.25) is 0 Å². The second kappa shape index (κ2) is 12.9. The summed E-state index contributed by atoms with van der Waals surface area (Å²) in [7, 11) is 0. The Morgan fingerprint density at radius 1 is 1.10 bits per heavy atom. The van der Waals surface area contributed by atoms with E-state index in [9.17, 15) is 4.39 Å². The lowest BCUT2D eigenvalue weighted by Gasteiger charge is -2.26. The van der Waals surface area contributed by atoms with Crippen molar-refractivity contribution >= 4 is 5.96 Å². The quantitative estimate of drug-likeness (QED) is 0.450. The summed E-state index contributed by atoms with van der Waals surface area (Å²) in [4.78, 5) is 7.07. The fourth-order valence-corrected chi connectivity index (χ4v) is 3.37. The molecule has 0 saturated carbocycles. The van der Waals surface area contributed by atoms with E-state index >= 15 is 0 Å². The monoisotopic (exact) mass is 428 g/mol. The number of nitrogens with zero attached hydrogens (tertiary/aromatic N) is 2. The molecular weight excluding hydrogens is 395 g/mol. The molecule has 0 spiro atoms. The van der Waals surface area contributed by atoms with Gasteiger partial charge in [0.1, 0.15) is 18.2 Å². The molecular formula is C24H33FN4O2. The zero-order chi connectivity index (χ0) is 21.7. The maximum absolute atomic E-state index is 13.0. The van der Waals surface area contributed by atoms with Crippen LogP contribution in [0.5, 0.6) is 5.75 Å². The molecule has 0 bridgehead atoms. The minimum Gasteiger partial charge on any atom is -0.492 e. The van der Waals surface area contributed by atoms with Gasteiger partial charge < -0.3 is 20.1 Å². The fraction of sp³-hybridized carbons (Fsp3) is 0.458. The smallest absolute Gasteiger partial charge is 0.191 e. The van der Waals surface area contributed by atoms with E-state index in [2.05, 4.69) is 21.6 Å². The highest BCUT2D eigenvalue weighted by atomic mass is 19.1. The lowest BCUT2D eigenvalue weighted by molar-refractivity contribution is 0.0322. The SMILES string of the molecule is CCNC(=NCc1ccccc1OCCN1CCOCC1)NCCc1ccc(F)cc1. The van der Waals surface area contributed by atoms with Gasteiger partial charge in [-0.2, -0.15) is 0 Å². The lowest BCUT2D eigenvalue weighted by Crippen LogP contribution is -2.38. The third-order valence-electron chi connectivity index (χ3n) is 5.11. The Hall–Kier alpha value is -2.64. The molecule has 0 unspecified atom stereocenters. The van der Waals surface area contributed by atoms with E-state index in [-0.39, 0.29) is 5.82 Å². The van der Waals surface area contributed by atoms with Crippen molar-refractivity contribution in [2.24, 2.45) is 4.99 Å². The van der Waals surface area contributed by atoms with Gasteiger partial charge in [-0.3, -0.25) is 4.90 Å². The first-order valence-electron chi connectivity index (χ1n) is 11.0. The maximum atomic E-state index is 13.0. The Morgan fingerprint density at radius 3 is 2.65 bits per heavy atom. The third kappa shape index (κ3) is 8.19. The van der Waals surface area contributed by atoms with Crippen LogP contribution in [0.4, 0.5) is 4.39 Å². The van der Waals surface area contributed by atoms with Crippen LogP contribution in [0.2, 0.25) is 0 Å². The van der Waals surface area contributed by atoms with Crippen molar-refractivity contribution in [1.82, 2.24) is 15.5 Å². The Labute approximate surface area is 184 Å². The molecule has 2 N–H and O–H groups in total. The number of hydrogen-bond donors (Lipinski definition) is 2. The molecule has 0 aliphatic carbocycles. The van der Waals surface area contributed by atoms with Gasteiger partial charge in [0.25, 0.3) is 0 Å². The van der Waals surface area contributed by atoms with Crippen LogP contribution in [0.25, 0.3) is 0 Å². The van der Waals surface area contributed by atoms with Crippen molar-refractivity contribution in [2.75, 3.05) is 52.5 Å². The predicted molar refractivity (Wildman–Crippen MR) is 122 cm³/mol. The van der Waals surface area contributed by atoms with Crippen LogP contribution in [0.3, 0.4) is 0 Å². The summed E-state index contributed by atoms with van der Waals surface area (Å²) in [5.74, 6) is 1.42. The fourth-order valence-electron chi connectivity index (χ4n) is 3.37. The van der Waals surface area contributed by atoms with E-state index in [0.717, 1.165) is 75.2 Å². The van der Waals surface area contributed by atoms with Crippen molar-refractivity contribution in [3.05, 3.63) is 65.5 Å². The van der Waals surface area contributed by atoms with Gasteiger partial charge in [0.05, 0.1) is 19.8 Å². The molecule has 0 radical (unpaired) electrons. The summed E-state index contributed by atoms with van der Waals surface area (Å²) in [6.07, 6.45) is 0.798. The molecule has 0 amide bonds. The Balaban J connectivity index is 1.50. The van der Waals surface area contributed by atoms with Crippen LogP contribution < -0.4 is 15.4 Å².